The van der Waals surface area contributed by atoms with E-state index in [9.17, 15) is 4.79 Å². The molecule has 5 nitrogen and oxygen atoms in total. The fraction of sp³-hybridized carbons (Fsp3) is 0.952. The zero-order valence-electron chi connectivity index (χ0n) is 16.9. The summed E-state index contributed by atoms with van der Waals surface area (Å²) < 4.78 is 5.43. The minimum Gasteiger partial charge on any atom is -0.379 e. The zero-order chi connectivity index (χ0) is 18.4. The fourth-order valence-corrected chi connectivity index (χ4v) is 4.82. The molecule has 0 radical (unpaired) electrons. The van der Waals surface area contributed by atoms with E-state index in [2.05, 4.69) is 29.0 Å². The monoisotopic (exact) mass is 365 g/mol. The average Bonchev–Trinajstić information content (AvgIpc) is 2.69. The molecular weight excluding hydrogens is 326 g/mol. The van der Waals surface area contributed by atoms with Crippen LogP contribution >= 0.6 is 0 Å². The minimum absolute atomic E-state index is 0.0179. The molecule has 2 aliphatic heterocycles. The van der Waals surface area contributed by atoms with Gasteiger partial charge in [-0.2, -0.15) is 0 Å². The minimum atomic E-state index is 0.0179. The lowest BCUT2D eigenvalue weighted by Crippen LogP contribution is -2.52. The Hall–Kier alpha value is -0.650. The van der Waals surface area contributed by atoms with Gasteiger partial charge in [0.05, 0.1) is 19.3 Å². The number of carbonyl (C=O) groups is 1. The lowest BCUT2D eigenvalue weighted by atomic mass is 9.86. The lowest BCUT2D eigenvalue weighted by Gasteiger charge is -2.37. The van der Waals surface area contributed by atoms with Crippen LogP contribution in [-0.4, -0.2) is 73.7 Å². The first kappa shape index (κ1) is 20.1. The van der Waals surface area contributed by atoms with Crippen molar-refractivity contribution in [2.45, 2.75) is 70.9 Å². The van der Waals surface area contributed by atoms with Crippen LogP contribution in [-0.2, 0) is 9.53 Å². The topological polar surface area (TPSA) is 44.8 Å². The van der Waals surface area contributed by atoms with E-state index in [1.807, 2.05) is 0 Å². The van der Waals surface area contributed by atoms with Crippen LogP contribution in [0.25, 0.3) is 0 Å². The number of piperidine rings is 1. The highest BCUT2D eigenvalue weighted by Gasteiger charge is 2.29. The molecule has 1 saturated carbocycles. The van der Waals surface area contributed by atoms with E-state index >= 15 is 0 Å². The van der Waals surface area contributed by atoms with Gasteiger partial charge in [-0.15, -0.1) is 0 Å². The third kappa shape index (κ3) is 5.67. The summed E-state index contributed by atoms with van der Waals surface area (Å²) >= 11 is 0. The van der Waals surface area contributed by atoms with Gasteiger partial charge in [0.1, 0.15) is 0 Å². The van der Waals surface area contributed by atoms with Gasteiger partial charge in [0.15, 0.2) is 0 Å². The van der Waals surface area contributed by atoms with Crippen LogP contribution in [0.15, 0.2) is 0 Å². The van der Waals surface area contributed by atoms with E-state index in [0.29, 0.717) is 12.0 Å². The second-order valence-electron chi connectivity index (χ2n) is 8.77. The maximum absolute atomic E-state index is 12.7. The Labute approximate surface area is 159 Å². The largest absolute Gasteiger partial charge is 0.379 e. The van der Waals surface area contributed by atoms with Gasteiger partial charge in [0.25, 0.3) is 0 Å². The molecule has 1 N–H and O–H groups in total. The van der Waals surface area contributed by atoms with Crippen molar-refractivity contribution in [3.8, 4) is 0 Å². The Morgan fingerprint density at radius 1 is 1.08 bits per heavy atom. The molecule has 3 rings (SSSR count). The van der Waals surface area contributed by atoms with Crippen molar-refractivity contribution in [3.05, 3.63) is 0 Å². The normalized spacial score (nSPS) is 30.8. The van der Waals surface area contributed by atoms with Gasteiger partial charge in [-0.3, -0.25) is 14.6 Å². The summed E-state index contributed by atoms with van der Waals surface area (Å²) in [6.45, 7) is 11.7. The maximum atomic E-state index is 12.7. The highest BCUT2D eigenvalue weighted by atomic mass is 16.5. The van der Waals surface area contributed by atoms with Crippen LogP contribution in [0, 0.1) is 11.8 Å². The van der Waals surface area contributed by atoms with Crippen LogP contribution in [0.3, 0.4) is 0 Å². The smallest absolute Gasteiger partial charge is 0.237 e. The third-order valence-corrected chi connectivity index (χ3v) is 6.97. The molecule has 0 aromatic rings. The molecule has 150 valence electrons. The number of amides is 1. The Balaban J connectivity index is 1.35. The summed E-state index contributed by atoms with van der Waals surface area (Å²) in [6.07, 6.45) is 8.77. The van der Waals surface area contributed by atoms with E-state index in [-0.39, 0.29) is 11.9 Å². The predicted molar refractivity (Wildman–Crippen MR) is 105 cm³/mol. The molecule has 0 aromatic carbocycles. The van der Waals surface area contributed by atoms with Crippen molar-refractivity contribution in [1.29, 1.82) is 0 Å². The van der Waals surface area contributed by atoms with Crippen LogP contribution in [0.5, 0.6) is 0 Å². The van der Waals surface area contributed by atoms with Gasteiger partial charge in [0, 0.05) is 19.1 Å². The number of hydrogen-bond acceptors (Lipinski definition) is 4. The van der Waals surface area contributed by atoms with Gasteiger partial charge >= 0.3 is 0 Å². The molecule has 3 aliphatic rings. The summed E-state index contributed by atoms with van der Waals surface area (Å²) in [6, 6.07) is 0.411. The molecule has 3 atom stereocenters. The van der Waals surface area contributed by atoms with Crippen molar-refractivity contribution >= 4 is 5.91 Å². The summed E-state index contributed by atoms with van der Waals surface area (Å²) in [5.74, 6) is 1.70. The molecule has 0 bridgehead atoms. The van der Waals surface area contributed by atoms with Gasteiger partial charge in [-0.25, -0.2) is 0 Å². The van der Waals surface area contributed by atoms with Crippen LogP contribution in [0.2, 0.25) is 0 Å². The molecule has 5 heteroatoms. The number of nitrogens with zero attached hydrogens (tertiary/aromatic N) is 2. The van der Waals surface area contributed by atoms with Crippen LogP contribution in [0.4, 0.5) is 0 Å². The summed E-state index contributed by atoms with van der Waals surface area (Å²) in [7, 11) is 0. The number of nitrogens with one attached hydrogen (secondary N) is 1. The van der Waals surface area contributed by atoms with E-state index in [1.54, 1.807) is 0 Å². The second kappa shape index (κ2) is 10.0. The number of likely N-dealkylation sites (tertiary alicyclic amines) is 1. The van der Waals surface area contributed by atoms with E-state index in [0.717, 1.165) is 51.7 Å². The summed E-state index contributed by atoms with van der Waals surface area (Å²) in [5, 5.41) is 3.35. The first-order valence-electron chi connectivity index (χ1n) is 11.0. The molecular formula is C21H39N3O2. The van der Waals surface area contributed by atoms with E-state index in [1.165, 1.54) is 45.1 Å². The first-order valence-corrected chi connectivity index (χ1v) is 11.0. The van der Waals surface area contributed by atoms with Crippen LogP contribution in [0.1, 0.15) is 58.8 Å². The Bertz CT molecular complexity index is 431. The molecule has 2 saturated heterocycles. The van der Waals surface area contributed by atoms with Gasteiger partial charge < -0.3 is 10.1 Å². The van der Waals surface area contributed by atoms with E-state index < -0.39 is 0 Å². The van der Waals surface area contributed by atoms with Crippen LogP contribution < -0.4 is 5.32 Å². The number of carbonyl (C=O) groups excluding carboxylic acids is 1. The van der Waals surface area contributed by atoms with Crippen molar-refractivity contribution < 1.29 is 9.53 Å². The highest BCUT2D eigenvalue weighted by molar-refractivity contribution is 5.81. The average molecular weight is 366 g/mol. The lowest BCUT2D eigenvalue weighted by molar-refractivity contribution is -0.127. The zero-order valence-corrected chi connectivity index (χ0v) is 16.9. The molecule has 3 unspecified atom stereocenters. The second-order valence-corrected chi connectivity index (χ2v) is 8.77. The molecule has 1 aliphatic carbocycles. The van der Waals surface area contributed by atoms with Crippen molar-refractivity contribution in [2.24, 2.45) is 11.8 Å². The number of ether oxygens (including phenoxy) is 1. The van der Waals surface area contributed by atoms with Crippen molar-refractivity contribution in [2.75, 3.05) is 45.9 Å². The SMILES string of the molecule is CC1CCCCC1NC(=O)C(C)N1CCC(CCN2CCOCC2)CC1. The predicted octanol–water partition coefficient (Wildman–Crippen LogP) is 2.50. The first-order chi connectivity index (χ1) is 12.6. The quantitative estimate of drug-likeness (QED) is 0.785. The third-order valence-electron chi connectivity index (χ3n) is 6.97. The molecule has 2 heterocycles. The van der Waals surface area contributed by atoms with Gasteiger partial charge in [0.2, 0.25) is 5.91 Å². The fourth-order valence-electron chi connectivity index (χ4n) is 4.82. The van der Waals surface area contributed by atoms with Crippen molar-refractivity contribution in [1.82, 2.24) is 15.1 Å². The maximum Gasteiger partial charge on any atom is 0.237 e. The van der Waals surface area contributed by atoms with Gasteiger partial charge in [-0.1, -0.05) is 19.8 Å². The molecule has 1 amide bonds. The molecule has 26 heavy (non-hydrogen) atoms. The number of hydrogen-bond donors (Lipinski definition) is 1. The van der Waals surface area contributed by atoms with Gasteiger partial charge in [-0.05, 0) is 70.5 Å². The highest BCUT2D eigenvalue weighted by Crippen LogP contribution is 2.25. The molecule has 0 aromatic heterocycles. The number of rotatable bonds is 6. The Kier molecular flexibility index (Phi) is 7.77. The van der Waals surface area contributed by atoms with Crippen molar-refractivity contribution in [3.63, 3.8) is 0 Å². The Morgan fingerprint density at radius 2 is 1.77 bits per heavy atom. The Morgan fingerprint density at radius 3 is 2.46 bits per heavy atom. The molecule has 3 fully saturated rings. The standard InChI is InChI=1S/C21H39N3O2/c1-17-5-3-4-6-20(17)22-21(25)18(2)24-11-8-19(9-12-24)7-10-23-13-15-26-16-14-23/h17-20H,3-16H2,1-2H3,(H,22,25). The number of morpholine rings is 1. The summed E-state index contributed by atoms with van der Waals surface area (Å²) in [4.78, 5) is 17.6. The summed E-state index contributed by atoms with van der Waals surface area (Å²) in [5.41, 5.74) is 0. The molecule has 0 spiro atoms. The van der Waals surface area contributed by atoms with E-state index in [4.69, 9.17) is 4.74 Å².